The molecule has 0 bridgehead atoms. The van der Waals surface area contributed by atoms with E-state index < -0.39 is 11.9 Å². The molecule has 1 heterocycles. The number of alkyl halides is 3. The van der Waals surface area contributed by atoms with Gasteiger partial charge in [0.15, 0.2) is 0 Å². The fraction of sp³-hybridized carbons (Fsp3) is 0.529. The van der Waals surface area contributed by atoms with E-state index in [0.29, 0.717) is 5.56 Å². The van der Waals surface area contributed by atoms with Gasteiger partial charge in [0, 0.05) is 12.4 Å². The Morgan fingerprint density at radius 1 is 1.10 bits per heavy atom. The van der Waals surface area contributed by atoms with Gasteiger partial charge < -0.3 is 4.57 Å². The van der Waals surface area contributed by atoms with E-state index in [-0.39, 0.29) is 5.92 Å². The highest BCUT2D eigenvalue weighted by atomic mass is 19.4. The van der Waals surface area contributed by atoms with Gasteiger partial charge in [-0.3, -0.25) is 0 Å². The molecule has 3 rings (SSSR count). The van der Waals surface area contributed by atoms with Crippen LogP contribution in [0.3, 0.4) is 0 Å². The second-order valence-corrected chi connectivity index (χ2v) is 6.13. The Morgan fingerprint density at radius 2 is 1.76 bits per heavy atom. The Bertz CT molecular complexity index is 661. The first-order valence-electron chi connectivity index (χ1n) is 7.56. The molecule has 2 aromatic rings. The Kier molecular flexibility index (Phi) is 3.50. The molecule has 0 unspecified atom stereocenters. The molecule has 1 nitrogen and oxygen atoms in total. The van der Waals surface area contributed by atoms with E-state index in [4.69, 9.17) is 0 Å². The second kappa shape index (κ2) is 5.08. The summed E-state index contributed by atoms with van der Waals surface area (Å²) in [4.78, 5) is 0. The van der Waals surface area contributed by atoms with Gasteiger partial charge in [-0.15, -0.1) is 0 Å². The van der Waals surface area contributed by atoms with Crippen molar-refractivity contribution in [1.29, 1.82) is 0 Å². The highest BCUT2D eigenvalue weighted by Gasteiger charge is 2.40. The quantitative estimate of drug-likeness (QED) is 0.649. The third-order valence-corrected chi connectivity index (χ3v) is 4.74. The molecule has 1 aromatic heterocycles. The van der Waals surface area contributed by atoms with Gasteiger partial charge in [0.05, 0.1) is 5.52 Å². The van der Waals surface area contributed by atoms with Crippen LogP contribution in [0, 0.1) is 6.92 Å². The Hall–Kier alpha value is -1.45. The largest absolute Gasteiger partial charge is 0.431 e. The third kappa shape index (κ3) is 2.34. The van der Waals surface area contributed by atoms with Crippen LogP contribution in [0.4, 0.5) is 13.2 Å². The molecule has 0 aliphatic heterocycles. The molecule has 1 saturated carbocycles. The van der Waals surface area contributed by atoms with Crippen molar-refractivity contribution in [2.75, 3.05) is 0 Å². The van der Waals surface area contributed by atoms with Crippen LogP contribution in [0.5, 0.6) is 0 Å². The summed E-state index contributed by atoms with van der Waals surface area (Å²) in [5.41, 5.74) is 1.72. The summed E-state index contributed by atoms with van der Waals surface area (Å²) >= 11 is 0. The molecule has 1 aliphatic carbocycles. The van der Waals surface area contributed by atoms with Crippen molar-refractivity contribution >= 4 is 10.9 Å². The van der Waals surface area contributed by atoms with Crippen LogP contribution in [0.2, 0.25) is 0 Å². The molecule has 1 aliphatic rings. The lowest BCUT2D eigenvalue weighted by molar-refractivity contribution is -0.143. The highest BCUT2D eigenvalue weighted by Crippen LogP contribution is 2.45. The standard InChI is InChI=1S/C17H20F3N/c1-11-7-6-10-13-14(12-8-4-3-5-9-12)16(17(18,19)20)21(2)15(11)13/h6-7,10,12H,3-5,8-9H2,1-2H3. The number of aromatic nitrogens is 1. The molecule has 0 N–H and O–H groups in total. The topological polar surface area (TPSA) is 4.93 Å². The summed E-state index contributed by atoms with van der Waals surface area (Å²) in [6.07, 6.45) is 0.648. The summed E-state index contributed by atoms with van der Waals surface area (Å²) in [6.45, 7) is 1.88. The zero-order valence-electron chi connectivity index (χ0n) is 12.4. The number of para-hydroxylation sites is 1. The van der Waals surface area contributed by atoms with Crippen molar-refractivity contribution in [2.24, 2.45) is 7.05 Å². The smallest absolute Gasteiger partial charge is 0.340 e. The van der Waals surface area contributed by atoms with E-state index in [1.165, 1.54) is 4.57 Å². The van der Waals surface area contributed by atoms with Crippen LogP contribution in [-0.2, 0) is 13.2 Å². The molecule has 1 aromatic carbocycles. The molecule has 1 fully saturated rings. The first kappa shape index (κ1) is 14.5. The van der Waals surface area contributed by atoms with E-state index in [0.717, 1.165) is 48.6 Å². The average molecular weight is 295 g/mol. The Labute approximate surface area is 122 Å². The zero-order chi connectivity index (χ0) is 15.2. The number of halogens is 3. The van der Waals surface area contributed by atoms with Crippen LogP contribution in [0.1, 0.15) is 54.8 Å². The maximum atomic E-state index is 13.6. The van der Waals surface area contributed by atoms with E-state index in [9.17, 15) is 13.2 Å². The number of fused-ring (bicyclic) bond motifs is 1. The minimum absolute atomic E-state index is 0.0425. The number of aryl methyl sites for hydroxylation is 2. The molecular weight excluding hydrogens is 275 g/mol. The molecule has 0 spiro atoms. The molecule has 4 heteroatoms. The predicted molar refractivity (Wildman–Crippen MR) is 78.5 cm³/mol. The first-order valence-corrected chi connectivity index (χ1v) is 7.56. The summed E-state index contributed by atoms with van der Waals surface area (Å²) in [6, 6.07) is 5.60. The number of hydrogen-bond acceptors (Lipinski definition) is 0. The normalized spacial score (nSPS) is 17.6. The van der Waals surface area contributed by atoms with Gasteiger partial charge in [-0.2, -0.15) is 13.2 Å². The van der Waals surface area contributed by atoms with Crippen molar-refractivity contribution in [1.82, 2.24) is 4.57 Å². The molecule has 0 amide bonds. The van der Waals surface area contributed by atoms with Gasteiger partial charge in [0.1, 0.15) is 5.69 Å². The minimum atomic E-state index is -4.30. The van der Waals surface area contributed by atoms with Gasteiger partial charge in [-0.25, -0.2) is 0 Å². The van der Waals surface area contributed by atoms with E-state index in [1.807, 2.05) is 25.1 Å². The zero-order valence-corrected chi connectivity index (χ0v) is 12.4. The molecule has 0 saturated heterocycles. The maximum absolute atomic E-state index is 13.6. The fourth-order valence-electron chi connectivity index (χ4n) is 3.89. The Morgan fingerprint density at radius 3 is 2.38 bits per heavy atom. The number of hydrogen-bond donors (Lipinski definition) is 0. The van der Waals surface area contributed by atoms with Crippen LogP contribution < -0.4 is 0 Å². The lowest BCUT2D eigenvalue weighted by Crippen LogP contribution is -2.16. The summed E-state index contributed by atoms with van der Waals surface area (Å²) in [5.74, 6) is 0.0425. The van der Waals surface area contributed by atoms with Gasteiger partial charge in [0.25, 0.3) is 0 Å². The number of benzene rings is 1. The van der Waals surface area contributed by atoms with E-state index in [1.54, 1.807) is 7.05 Å². The third-order valence-electron chi connectivity index (χ3n) is 4.74. The summed E-state index contributed by atoms with van der Waals surface area (Å²) in [7, 11) is 1.55. The minimum Gasteiger partial charge on any atom is -0.340 e. The van der Waals surface area contributed by atoms with Crippen LogP contribution >= 0.6 is 0 Å². The van der Waals surface area contributed by atoms with Crippen LogP contribution in [0.15, 0.2) is 18.2 Å². The van der Waals surface area contributed by atoms with Crippen LogP contribution in [0.25, 0.3) is 10.9 Å². The second-order valence-electron chi connectivity index (χ2n) is 6.13. The SMILES string of the molecule is Cc1cccc2c(C3CCCCC3)c(C(F)(F)F)n(C)c12. The van der Waals surface area contributed by atoms with E-state index >= 15 is 0 Å². The average Bonchev–Trinajstić information content (AvgIpc) is 2.74. The maximum Gasteiger partial charge on any atom is 0.431 e. The van der Waals surface area contributed by atoms with Crippen molar-refractivity contribution in [2.45, 2.75) is 51.1 Å². The van der Waals surface area contributed by atoms with Crippen molar-refractivity contribution in [3.8, 4) is 0 Å². The molecule has 0 radical (unpaired) electrons. The van der Waals surface area contributed by atoms with Crippen molar-refractivity contribution in [3.63, 3.8) is 0 Å². The van der Waals surface area contributed by atoms with Gasteiger partial charge in [0.2, 0.25) is 0 Å². The monoisotopic (exact) mass is 295 g/mol. The number of rotatable bonds is 1. The first-order chi connectivity index (χ1) is 9.91. The van der Waals surface area contributed by atoms with Crippen molar-refractivity contribution in [3.05, 3.63) is 35.0 Å². The van der Waals surface area contributed by atoms with Crippen molar-refractivity contribution < 1.29 is 13.2 Å². The predicted octanol–water partition coefficient (Wildman–Crippen LogP) is 5.55. The molecule has 21 heavy (non-hydrogen) atoms. The molecule has 0 atom stereocenters. The molecule has 114 valence electrons. The lowest BCUT2D eigenvalue weighted by atomic mass is 9.82. The fourth-order valence-corrected chi connectivity index (χ4v) is 3.89. The Balaban J connectivity index is 2.31. The highest BCUT2D eigenvalue weighted by molar-refractivity contribution is 5.89. The summed E-state index contributed by atoms with van der Waals surface area (Å²) < 4.78 is 42.2. The summed E-state index contributed by atoms with van der Waals surface area (Å²) in [5, 5.41) is 0.789. The number of nitrogens with zero attached hydrogens (tertiary/aromatic N) is 1. The van der Waals surface area contributed by atoms with Gasteiger partial charge in [-0.05, 0) is 36.8 Å². The van der Waals surface area contributed by atoms with Gasteiger partial charge >= 0.3 is 6.18 Å². The lowest BCUT2D eigenvalue weighted by Gasteiger charge is -2.23. The van der Waals surface area contributed by atoms with Crippen LogP contribution in [-0.4, -0.2) is 4.57 Å². The van der Waals surface area contributed by atoms with E-state index in [2.05, 4.69) is 0 Å². The van der Waals surface area contributed by atoms with Gasteiger partial charge in [-0.1, -0.05) is 37.5 Å². The molecular formula is C17H20F3N.